The third kappa shape index (κ3) is 3.89. The van der Waals surface area contributed by atoms with Crippen molar-refractivity contribution in [3.63, 3.8) is 0 Å². The Morgan fingerprint density at radius 1 is 0.962 bits per heavy atom. The van der Waals surface area contributed by atoms with Gasteiger partial charge in [-0.2, -0.15) is 0 Å². The molecule has 0 radical (unpaired) electrons. The van der Waals surface area contributed by atoms with Gasteiger partial charge in [-0.15, -0.1) is 0 Å². The number of ether oxygens (including phenoxy) is 2. The fraction of sp³-hybridized carbons (Fsp3) is 0.211. The van der Waals surface area contributed by atoms with E-state index in [4.69, 9.17) is 18.3 Å². The predicted octanol–water partition coefficient (Wildman–Crippen LogP) is 3.24. The third-order valence-electron chi connectivity index (χ3n) is 3.94. The molecule has 7 heteroatoms. The number of anilines is 1. The van der Waals surface area contributed by atoms with Crippen molar-refractivity contribution < 1.29 is 23.1 Å². The number of nitrogens with zero attached hydrogens (tertiary/aromatic N) is 1. The lowest BCUT2D eigenvalue weighted by atomic mass is 10.2. The number of rotatable bonds is 7. The Morgan fingerprint density at radius 3 is 2.31 bits per heavy atom. The molecule has 0 atom stereocenters. The van der Waals surface area contributed by atoms with Crippen LogP contribution in [0.4, 0.5) is 5.69 Å². The summed E-state index contributed by atoms with van der Waals surface area (Å²) < 4.78 is 21.4. The number of amides is 1. The van der Waals surface area contributed by atoms with Gasteiger partial charge in [-0.05, 0) is 36.4 Å². The summed E-state index contributed by atoms with van der Waals surface area (Å²) in [7, 11) is 0. The number of carbonyl (C=O) groups is 1. The third-order valence-corrected chi connectivity index (χ3v) is 3.94. The van der Waals surface area contributed by atoms with E-state index in [1.54, 1.807) is 30.7 Å². The second-order valence-electron chi connectivity index (χ2n) is 5.92. The monoisotopic (exact) mass is 354 g/mol. The maximum absolute atomic E-state index is 12.5. The van der Waals surface area contributed by atoms with Gasteiger partial charge in [-0.3, -0.25) is 9.69 Å². The lowest BCUT2D eigenvalue weighted by molar-refractivity contribution is -0.117. The Hall–Kier alpha value is -3.19. The second kappa shape index (κ2) is 7.37. The molecule has 3 aromatic rings. The highest BCUT2D eigenvalue weighted by atomic mass is 16.7. The van der Waals surface area contributed by atoms with Crippen LogP contribution >= 0.6 is 0 Å². The summed E-state index contributed by atoms with van der Waals surface area (Å²) in [5.41, 5.74) is 0.662. The van der Waals surface area contributed by atoms with Gasteiger partial charge < -0.3 is 23.6 Å². The van der Waals surface area contributed by atoms with Gasteiger partial charge in [0.1, 0.15) is 11.5 Å². The largest absolute Gasteiger partial charge is 0.468 e. The van der Waals surface area contributed by atoms with E-state index in [2.05, 4.69) is 5.32 Å². The van der Waals surface area contributed by atoms with Crippen molar-refractivity contribution in [2.24, 2.45) is 0 Å². The number of benzene rings is 1. The molecule has 0 saturated carbocycles. The van der Waals surface area contributed by atoms with Crippen molar-refractivity contribution in [2.45, 2.75) is 13.1 Å². The second-order valence-corrected chi connectivity index (χ2v) is 5.92. The van der Waals surface area contributed by atoms with E-state index >= 15 is 0 Å². The van der Waals surface area contributed by atoms with Crippen LogP contribution in [0.25, 0.3) is 0 Å². The molecule has 0 bridgehead atoms. The summed E-state index contributed by atoms with van der Waals surface area (Å²) >= 11 is 0. The van der Waals surface area contributed by atoms with Crippen molar-refractivity contribution in [3.8, 4) is 11.5 Å². The van der Waals surface area contributed by atoms with Gasteiger partial charge >= 0.3 is 0 Å². The molecule has 7 nitrogen and oxygen atoms in total. The van der Waals surface area contributed by atoms with E-state index in [0.717, 1.165) is 11.5 Å². The number of furan rings is 2. The Kier molecular flexibility index (Phi) is 4.61. The van der Waals surface area contributed by atoms with Crippen molar-refractivity contribution in [3.05, 3.63) is 66.5 Å². The Morgan fingerprint density at radius 2 is 1.65 bits per heavy atom. The van der Waals surface area contributed by atoms with Gasteiger partial charge in [-0.1, -0.05) is 0 Å². The zero-order chi connectivity index (χ0) is 17.8. The predicted molar refractivity (Wildman–Crippen MR) is 92.7 cm³/mol. The molecule has 26 heavy (non-hydrogen) atoms. The summed E-state index contributed by atoms with van der Waals surface area (Å²) in [5, 5.41) is 2.88. The van der Waals surface area contributed by atoms with Crippen LogP contribution in [-0.2, 0) is 17.9 Å². The Labute approximate surface area is 150 Å². The summed E-state index contributed by atoms with van der Waals surface area (Å²) in [6, 6.07) is 12.7. The van der Waals surface area contributed by atoms with Crippen LogP contribution in [0, 0.1) is 0 Å². The van der Waals surface area contributed by atoms with Crippen LogP contribution in [0.15, 0.2) is 63.8 Å². The molecule has 134 valence electrons. The van der Waals surface area contributed by atoms with E-state index in [1.165, 1.54) is 0 Å². The van der Waals surface area contributed by atoms with Gasteiger partial charge in [0.15, 0.2) is 11.5 Å². The van der Waals surface area contributed by atoms with E-state index in [9.17, 15) is 4.79 Å². The van der Waals surface area contributed by atoms with Crippen molar-refractivity contribution in [1.82, 2.24) is 4.90 Å². The quantitative estimate of drug-likeness (QED) is 0.702. The van der Waals surface area contributed by atoms with Crippen LogP contribution < -0.4 is 14.8 Å². The standard InChI is InChI=1S/C19H18N2O5/c22-19(20-14-5-6-17-18(9-14)26-13-25-17)12-21(10-15-3-1-7-23-15)11-16-4-2-8-24-16/h1-9H,10-13H2,(H,20,22). The number of hydrogen-bond acceptors (Lipinski definition) is 6. The molecule has 0 fully saturated rings. The maximum Gasteiger partial charge on any atom is 0.238 e. The SMILES string of the molecule is O=C(CN(Cc1ccco1)Cc1ccco1)Nc1ccc2c(c1)OCO2. The minimum Gasteiger partial charge on any atom is -0.468 e. The van der Waals surface area contributed by atoms with Gasteiger partial charge in [0, 0.05) is 11.8 Å². The highest BCUT2D eigenvalue weighted by Gasteiger charge is 2.17. The van der Waals surface area contributed by atoms with Crippen LogP contribution in [0.2, 0.25) is 0 Å². The average molecular weight is 354 g/mol. The van der Waals surface area contributed by atoms with E-state index in [-0.39, 0.29) is 19.2 Å². The van der Waals surface area contributed by atoms with Gasteiger partial charge in [0.2, 0.25) is 12.7 Å². The van der Waals surface area contributed by atoms with Crippen molar-refractivity contribution in [2.75, 3.05) is 18.7 Å². The van der Waals surface area contributed by atoms with Crippen LogP contribution in [-0.4, -0.2) is 24.1 Å². The number of hydrogen-bond donors (Lipinski definition) is 1. The lowest BCUT2D eigenvalue weighted by Crippen LogP contribution is -2.32. The summed E-state index contributed by atoms with van der Waals surface area (Å²) in [6.45, 7) is 1.40. The van der Waals surface area contributed by atoms with Crippen LogP contribution in [0.3, 0.4) is 0 Å². The molecule has 0 aliphatic carbocycles. The first-order valence-electron chi connectivity index (χ1n) is 8.23. The molecule has 0 saturated heterocycles. The van der Waals surface area contributed by atoms with Crippen LogP contribution in [0.1, 0.15) is 11.5 Å². The number of carbonyl (C=O) groups excluding carboxylic acids is 1. The average Bonchev–Trinajstić information content (AvgIpc) is 3.36. The maximum atomic E-state index is 12.5. The number of fused-ring (bicyclic) bond motifs is 1. The molecule has 4 rings (SSSR count). The first kappa shape index (κ1) is 16.3. The minimum atomic E-state index is -0.137. The summed E-state index contributed by atoms with van der Waals surface area (Å²) in [4.78, 5) is 14.4. The topological polar surface area (TPSA) is 77.1 Å². The minimum absolute atomic E-state index is 0.137. The van der Waals surface area contributed by atoms with Gasteiger partial charge in [0.05, 0.1) is 32.2 Å². The zero-order valence-corrected chi connectivity index (χ0v) is 14.0. The van der Waals surface area contributed by atoms with Crippen molar-refractivity contribution in [1.29, 1.82) is 0 Å². The fourth-order valence-corrected chi connectivity index (χ4v) is 2.79. The molecular weight excluding hydrogens is 336 g/mol. The molecule has 1 aliphatic heterocycles. The summed E-state index contributed by atoms with van der Waals surface area (Å²) in [5.74, 6) is 2.74. The van der Waals surface area contributed by atoms with Gasteiger partial charge in [0.25, 0.3) is 0 Å². The Bertz CT molecular complexity index is 822. The first-order chi connectivity index (χ1) is 12.8. The molecule has 3 heterocycles. The Balaban J connectivity index is 1.41. The molecule has 2 aromatic heterocycles. The molecule has 1 aliphatic rings. The lowest BCUT2D eigenvalue weighted by Gasteiger charge is -2.19. The van der Waals surface area contributed by atoms with E-state index < -0.39 is 0 Å². The van der Waals surface area contributed by atoms with Crippen LogP contribution in [0.5, 0.6) is 11.5 Å². The molecule has 0 spiro atoms. The fourth-order valence-electron chi connectivity index (χ4n) is 2.79. The van der Waals surface area contributed by atoms with Crippen molar-refractivity contribution >= 4 is 11.6 Å². The number of nitrogens with one attached hydrogen (secondary N) is 1. The molecule has 0 unspecified atom stereocenters. The molecule has 1 amide bonds. The van der Waals surface area contributed by atoms with Gasteiger partial charge in [-0.25, -0.2) is 0 Å². The van der Waals surface area contributed by atoms with E-state index in [1.807, 2.05) is 29.2 Å². The highest BCUT2D eigenvalue weighted by molar-refractivity contribution is 5.92. The normalized spacial score (nSPS) is 12.5. The molecule has 1 aromatic carbocycles. The first-order valence-corrected chi connectivity index (χ1v) is 8.23. The highest BCUT2D eigenvalue weighted by Crippen LogP contribution is 2.34. The van der Waals surface area contributed by atoms with E-state index in [0.29, 0.717) is 30.3 Å². The molecule has 1 N–H and O–H groups in total. The summed E-state index contributed by atoms with van der Waals surface area (Å²) in [6.07, 6.45) is 3.24. The zero-order valence-electron chi connectivity index (χ0n) is 14.0. The molecular formula is C19H18N2O5. The smallest absolute Gasteiger partial charge is 0.238 e.